The standard InChI is InChI=1S/C9H9NO.C5H7NO2.C2H6/c1-6-3-2-4-7-5-10-9(11)8(6)7;7-4-2-1-3-5(8)6-4;1-2/h2-4H,5H2,1H3,(H,10,11);1-3H2,(H,6,7,8);1-2H3. The second-order valence-corrected chi connectivity index (χ2v) is 4.62. The average Bonchev–Trinajstić information content (AvgIpc) is 2.85. The summed E-state index contributed by atoms with van der Waals surface area (Å²) < 4.78 is 0. The number of benzene rings is 1. The molecule has 0 bridgehead atoms. The second kappa shape index (κ2) is 8.19. The third kappa shape index (κ3) is 4.70. The van der Waals surface area contributed by atoms with Crippen molar-refractivity contribution in [2.75, 3.05) is 0 Å². The Bertz CT molecular complexity index is 524. The van der Waals surface area contributed by atoms with Crippen molar-refractivity contribution < 1.29 is 14.4 Å². The molecular formula is C16H22N2O3. The molecule has 3 amide bonds. The predicted molar refractivity (Wildman–Crippen MR) is 80.7 cm³/mol. The van der Waals surface area contributed by atoms with Crippen molar-refractivity contribution in [2.24, 2.45) is 0 Å². The van der Waals surface area contributed by atoms with Gasteiger partial charge < -0.3 is 5.32 Å². The molecule has 1 fully saturated rings. The highest BCUT2D eigenvalue weighted by Crippen LogP contribution is 2.18. The molecule has 2 aliphatic heterocycles. The average molecular weight is 290 g/mol. The van der Waals surface area contributed by atoms with Gasteiger partial charge >= 0.3 is 0 Å². The Morgan fingerprint density at radius 1 is 1.00 bits per heavy atom. The number of carbonyl (C=O) groups is 3. The zero-order chi connectivity index (χ0) is 15.8. The van der Waals surface area contributed by atoms with Gasteiger partial charge in [0.1, 0.15) is 0 Å². The zero-order valence-electron chi connectivity index (χ0n) is 12.8. The predicted octanol–water partition coefficient (Wildman–Crippen LogP) is 2.08. The van der Waals surface area contributed by atoms with Crippen LogP contribution >= 0.6 is 0 Å². The number of fused-ring (bicyclic) bond motifs is 1. The third-order valence-electron chi connectivity index (χ3n) is 3.11. The molecule has 3 rings (SSSR count). The molecule has 2 heterocycles. The fraction of sp³-hybridized carbons (Fsp3) is 0.438. The van der Waals surface area contributed by atoms with Crippen LogP contribution in [0.4, 0.5) is 0 Å². The zero-order valence-corrected chi connectivity index (χ0v) is 12.8. The number of piperidine rings is 1. The summed E-state index contributed by atoms with van der Waals surface area (Å²) in [4.78, 5) is 31.9. The van der Waals surface area contributed by atoms with Crippen LogP contribution in [-0.2, 0) is 16.1 Å². The molecular weight excluding hydrogens is 268 g/mol. The molecule has 0 spiro atoms. The smallest absolute Gasteiger partial charge is 0.252 e. The van der Waals surface area contributed by atoms with Crippen molar-refractivity contribution in [2.45, 2.75) is 46.6 Å². The number of rotatable bonds is 0. The van der Waals surface area contributed by atoms with Crippen molar-refractivity contribution >= 4 is 17.7 Å². The van der Waals surface area contributed by atoms with Crippen molar-refractivity contribution in [3.05, 3.63) is 34.9 Å². The highest BCUT2D eigenvalue weighted by molar-refractivity contribution is 5.99. The maximum Gasteiger partial charge on any atom is 0.252 e. The van der Waals surface area contributed by atoms with E-state index in [-0.39, 0.29) is 17.7 Å². The lowest BCUT2D eigenvalue weighted by molar-refractivity contribution is -0.132. The lowest BCUT2D eigenvalue weighted by atomic mass is 10.0. The molecule has 5 heteroatoms. The highest BCUT2D eigenvalue weighted by atomic mass is 16.2. The summed E-state index contributed by atoms with van der Waals surface area (Å²) in [6.45, 7) is 6.65. The molecule has 0 unspecified atom stereocenters. The van der Waals surface area contributed by atoms with Crippen molar-refractivity contribution in [1.29, 1.82) is 0 Å². The summed E-state index contributed by atoms with van der Waals surface area (Å²) in [5.74, 6) is -0.208. The minimum Gasteiger partial charge on any atom is -0.348 e. The molecule has 1 aromatic carbocycles. The fourth-order valence-electron chi connectivity index (χ4n) is 2.15. The Morgan fingerprint density at radius 3 is 2.10 bits per heavy atom. The van der Waals surface area contributed by atoms with Crippen LogP contribution in [0.15, 0.2) is 18.2 Å². The van der Waals surface area contributed by atoms with Crippen LogP contribution in [0.2, 0.25) is 0 Å². The van der Waals surface area contributed by atoms with E-state index < -0.39 is 0 Å². The van der Waals surface area contributed by atoms with Gasteiger partial charge in [0.25, 0.3) is 5.91 Å². The van der Waals surface area contributed by atoms with Crippen molar-refractivity contribution in [3.8, 4) is 0 Å². The third-order valence-corrected chi connectivity index (χ3v) is 3.11. The van der Waals surface area contributed by atoms with Gasteiger partial charge in [0.15, 0.2) is 0 Å². The van der Waals surface area contributed by atoms with Crippen LogP contribution in [0.3, 0.4) is 0 Å². The van der Waals surface area contributed by atoms with Crippen molar-refractivity contribution in [1.82, 2.24) is 10.6 Å². The Morgan fingerprint density at radius 2 is 1.62 bits per heavy atom. The molecule has 5 nitrogen and oxygen atoms in total. The topological polar surface area (TPSA) is 75.3 Å². The van der Waals surface area contributed by atoms with Gasteiger partial charge in [-0.3, -0.25) is 19.7 Å². The van der Waals surface area contributed by atoms with Gasteiger partial charge in [0, 0.05) is 24.9 Å². The van der Waals surface area contributed by atoms with E-state index in [0.717, 1.165) is 16.7 Å². The number of imide groups is 1. The van der Waals surface area contributed by atoms with Crippen LogP contribution in [0, 0.1) is 6.92 Å². The summed E-state index contributed by atoms with van der Waals surface area (Å²) in [5.41, 5.74) is 3.06. The number of carbonyl (C=O) groups excluding carboxylic acids is 3. The first-order valence-corrected chi connectivity index (χ1v) is 7.27. The van der Waals surface area contributed by atoms with E-state index in [0.29, 0.717) is 25.8 Å². The Balaban J connectivity index is 0.000000196. The van der Waals surface area contributed by atoms with E-state index in [1.54, 1.807) is 0 Å². The van der Waals surface area contributed by atoms with Gasteiger partial charge in [-0.2, -0.15) is 0 Å². The first-order valence-electron chi connectivity index (χ1n) is 7.27. The minimum absolute atomic E-state index is 0.0677. The van der Waals surface area contributed by atoms with E-state index >= 15 is 0 Å². The lowest BCUT2D eigenvalue weighted by Crippen LogP contribution is -2.33. The van der Waals surface area contributed by atoms with E-state index in [4.69, 9.17) is 0 Å². The molecule has 0 aliphatic carbocycles. The summed E-state index contributed by atoms with van der Waals surface area (Å²) in [5, 5.41) is 4.99. The van der Waals surface area contributed by atoms with Crippen LogP contribution in [0.25, 0.3) is 0 Å². The van der Waals surface area contributed by atoms with Gasteiger partial charge in [-0.15, -0.1) is 0 Å². The molecule has 0 saturated carbocycles. The number of aryl methyl sites for hydroxylation is 1. The Kier molecular flexibility index (Phi) is 6.59. The molecule has 1 aromatic rings. The number of hydrogen-bond acceptors (Lipinski definition) is 3. The monoisotopic (exact) mass is 290 g/mol. The SMILES string of the molecule is CC.Cc1cccc2c1C(=O)NC2.O=C1CCCC(=O)N1. The van der Waals surface area contributed by atoms with Gasteiger partial charge in [-0.1, -0.05) is 32.0 Å². The van der Waals surface area contributed by atoms with Crippen LogP contribution in [0.5, 0.6) is 0 Å². The molecule has 1 saturated heterocycles. The minimum atomic E-state index is -0.138. The van der Waals surface area contributed by atoms with Crippen LogP contribution in [-0.4, -0.2) is 17.7 Å². The summed E-state index contributed by atoms with van der Waals surface area (Å²) in [6, 6.07) is 5.93. The summed E-state index contributed by atoms with van der Waals surface area (Å²) >= 11 is 0. The van der Waals surface area contributed by atoms with E-state index in [2.05, 4.69) is 10.6 Å². The fourth-order valence-corrected chi connectivity index (χ4v) is 2.15. The Labute approximate surface area is 125 Å². The van der Waals surface area contributed by atoms with Gasteiger partial charge in [-0.05, 0) is 24.5 Å². The maximum atomic E-state index is 11.2. The molecule has 0 atom stereocenters. The Hall–Kier alpha value is -2.17. The summed E-state index contributed by atoms with van der Waals surface area (Å²) in [6.07, 6.45) is 1.72. The number of amides is 3. The molecule has 21 heavy (non-hydrogen) atoms. The van der Waals surface area contributed by atoms with E-state index in [1.165, 1.54) is 0 Å². The summed E-state index contributed by atoms with van der Waals surface area (Å²) in [7, 11) is 0. The number of nitrogens with one attached hydrogen (secondary N) is 2. The molecule has 2 aliphatic rings. The molecule has 114 valence electrons. The maximum absolute atomic E-state index is 11.2. The van der Waals surface area contributed by atoms with E-state index in [9.17, 15) is 14.4 Å². The first kappa shape index (κ1) is 16.9. The normalized spacial score (nSPS) is 15.7. The van der Waals surface area contributed by atoms with Crippen LogP contribution < -0.4 is 10.6 Å². The van der Waals surface area contributed by atoms with Crippen molar-refractivity contribution in [3.63, 3.8) is 0 Å². The van der Waals surface area contributed by atoms with Gasteiger partial charge in [0.2, 0.25) is 11.8 Å². The molecule has 0 aromatic heterocycles. The van der Waals surface area contributed by atoms with Gasteiger partial charge in [-0.25, -0.2) is 0 Å². The highest BCUT2D eigenvalue weighted by Gasteiger charge is 2.19. The second-order valence-electron chi connectivity index (χ2n) is 4.62. The molecule has 0 radical (unpaired) electrons. The van der Waals surface area contributed by atoms with Crippen LogP contribution in [0.1, 0.15) is 54.6 Å². The largest absolute Gasteiger partial charge is 0.348 e. The first-order chi connectivity index (χ1) is 10.1. The quantitative estimate of drug-likeness (QED) is 0.718. The van der Waals surface area contributed by atoms with Gasteiger partial charge in [0.05, 0.1) is 0 Å². The van der Waals surface area contributed by atoms with E-state index in [1.807, 2.05) is 39.0 Å². The molecule has 2 N–H and O–H groups in total. The lowest BCUT2D eigenvalue weighted by Gasteiger charge is -2.07. The number of hydrogen-bond donors (Lipinski definition) is 2.